The smallest absolute Gasteiger partial charge is 0.250 e. The van der Waals surface area contributed by atoms with Crippen LogP contribution in [0, 0.1) is 17.7 Å². The number of carbonyl (C=O) groups excluding carboxylic acids is 2. The van der Waals surface area contributed by atoms with Crippen molar-refractivity contribution in [1.82, 2.24) is 5.32 Å². The number of fused-ring (bicyclic) bond motifs is 2. The number of Topliss-reactive ketones (excluding diaryl/α,β-unsaturated/α-hetero) is 1. The Kier molecular flexibility index (Phi) is 5.78. The highest BCUT2D eigenvalue weighted by atomic mass is 35.5. The highest BCUT2D eigenvalue weighted by molar-refractivity contribution is 6.30. The Bertz CT molecular complexity index is 1240. The third kappa shape index (κ3) is 3.64. The van der Waals surface area contributed by atoms with E-state index in [4.69, 9.17) is 11.6 Å². The lowest BCUT2D eigenvalue weighted by atomic mass is 9.69. The minimum absolute atomic E-state index is 0.132. The summed E-state index contributed by atoms with van der Waals surface area (Å²) in [6.45, 7) is 4.26. The van der Waals surface area contributed by atoms with E-state index >= 15 is 0 Å². The molecule has 0 bridgehead atoms. The fraction of sp³-hybridized carbons (Fsp3) is 0.286. The lowest BCUT2D eigenvalue weighted by Gasteiger charge is -2.31. The van der Waals surface area contributed by atoms with E-state index < -0.39 is 17.3 Å². The molecule has 2 aliphatic heterocycles. The first kappa shape index (κ1) is 22.8. The van der Waals surface area contributed by atoms with Gasteiger partial charge in [0.05, 0.1) is 5.92 Å². The largest absolute Gasteiger partial charge is 0.324 e. The summed E-state index contributed by atoms with van der Waals surface area (Å²) in [7, 11) is 0. The maximum absolute atomic E-state index is 14.2. The molecular weight excluding hydrogens is 451 g/mol. The minimum Gasteiger partial charge on any atom is -0.324 e. The van der Waals surface area contributed by atoms with Crippen LogP contribution in [0.3, 0.4) is 0 Å². The molecule has 174 valence electrons. The van der Waals surface area contributed by atoms with Crippen molar-refractivity contribution in [2.45, 2.75) is 37.8 Å². The first-order valence-electron chi connectivity index (χ1n) is 11.5. The van der Waals surface area contributed by atoms with Gasteiger partial charge in [0.1, 0.15) is 11.4 Å². The maximum atomic E-state index is 14.2. The fourth-order valence-electron chi connectivity index (χ4n) is 5.68. The summed E-state index contributed by atoms with van der Waals surface area (Å²) in [6.07, 6.45) is 0.775. The number of halogens is 2. The highest BCUT2D eigenvalue weighted by Gasteiger charge is 2.64. The minimum atomic E-state index is -1.23. The summed E-state index contributed by atoms with van der Waals surface area (Å²) in [5.74, 6) is -1.51. The van der Waals surface area contributed by atoms with Gasteiger partial charge in [-0.05, 0) is 60.4 Å². The number of amides is 1. The van der Waals surface area contributed by atoms with Crippen LogP contribution >= 0.6 is 11.6 Å². The van der Waals surface area contributed by atoms with Crippen molar-refractivity contribution < 1.29 is 14.0 Å². The van der Waals surface area contributed by atoms with Crippen LogP contribution in [0.4, 0.5) is 10.1 Å². The molecule has 3 aromatic carbocycles. The Morgan fingerprint density at radius 1 is 1.03 bits per heavy atom. The van der Waals surface area contributed by atoms with Crippen LogP contribution < -0.4 is 10.6 Å². The molecule has 1 fully saturated rings. The predicted octanol–water partition coefficient (Wildman–Crippen LogP) is 5.93. The Morgan fingerprint density at radius 2 is 1.71 bits per heavy atom. The second-order valence-electron chi connectivity index (χ2n) is 9.61. The van der Waals surface area contributed by atoms with E-state index in [-0.39, 0.29) is 23.7 Å². The molecule has 1 spiro atoms. The molecule has 4 nitrogen and oxygen atoms in total. The molecule has 0 saturated carbocycles. The number of hydrogen-bond acceptors (Lipinski definition) is 3. The van der Waals surface area contributed by atoms with Crippen molar-refractivity contribution in [2.24, 2.45) is 11.8 Å². The molecule has 2 aliphatic rings. The molecule has 34 heavy (non-hydrogen) atoms. The highest BCUT2D eigenvalue weighted by Crippen LogP contribution is 2.54. The van der Waals surface area contributed by atoms with Crippen molar-refractivity contribution in [3.63, 3.8) is 0 Å². The van der Waals surface area contributed by atoms with Gasteiger partial charge in [0.15, 0.2) is 5.78 Å². The Hall–Kier alpha value is -3.02. The van der Waals surface area contributed by atoms with Gasteiger partial charge in [-0.3, -0.25) is 14.9 Å². The SMILES string of the molecule is CC(C)CC1NC2(C(=O)Nc3ccccc32)C(C(=O)c2ccc(F)cc2)C1c1ccc(Cl)cc1. The van der Waals surface area contributed by atoms with Gasteiger partial charge in [0, 0.05) is 33.8 Å². The summed E-state index contributed by atoms with van der Waals surface area (Å²) < 4.78 is 13.7. The zero-order chi connectivity index (χ0) is 24.0. The van der Waals surface area contributed by atoms with E-state index in [1.165, 1.54) is 24.3 Å². The summed E-state index contributed by atoms with van der Waals surface area (Å²) >= 11 is 6.18. The number of rotatable bonds is 5. The van der Waals surface area contributed by atoms with Crippen molar-refractivity contribution >= 4 is 29.0 Å². The number of ketones is 1. The normalized spacial score (nSPS) is 25.6. The van der Waals surface area contributed by atoms with E-state index in [1.807, 2.05) is 48.5 Å². The topological polar surface area (TPSA) is 58.2 Å². The molecule has 2 heterocycles. The standard InChI is InChI=1S/C28H26ClFN2O2/c1-16(2)15-23-24(17-7-11-19(29)12-8-17)25(26(33)18-9-13-20(30)14-10-18)28(32-23)21-5-3-4-6-22(21)31-27(28)34/h3-14,16,23-25,32H,15H2,1-2H3,(H,31,34). The van der Waals surface area contributed by atoms with Gasteiger partial charge >= 0.3 is 0 Å². The fourth-order valence-corrected chi connectivity index (χ4v) is 5.81. The van der Waals surface area contributed by atoms with Gasteiger partial charge in [0.25, 0.3) is 0 Å². The number of hydrogen-bond donors (Lipinski definition) is 2. The van der Waals surface area contributed by atoms with Gasteiger partial charge < -0.3 is 5.32 Å². The van der Waals surface area contributed by atoms with E-state index in [1.54, 1.807) is 0 Å². The van der Waals surface area contributed by atoms with Crippen LogP contribution in [-0.4, -0.2) is 17.7 Å². The molecule has 4 unspecified atom stereocenters. The Balaban J connectivity index is 1.73. The van der Waals surface area contributed by atoms with Crippen molar-refractivity contribution in [1.29, 1.82) is 0 Å². The van der Waals surface area contributed by atoms with Gasteiger partial charge in [-0.2, -0.15) is 0 Å². The average Bonchev–Trinajstić information content (AvgIpc) is 3.29. The summed E-state index contributed by atoms with van der Waals surface area (Å²) in [4.78, 5) is 27.9. The van der Waals surface area contributed by atoms with E-state index in [2.05, 4.69) is 24.5 Å². The van der Waals surface area contributed by atoms with Crippen molar-refractivity contribution in [3.05, 3.63) is 100 Å². The van der Waals surface area contributed by atoms with E-state index in [0.717, 1.165) is 17.5 Å². The second kappa shape index (κ2) is 8.64. The lowest BCUT2D eigenvalue weighted by molar-refractivity contribution is -0.122. The van der Waals surface area contributed by atoms with Crippen molar-refractivity contribution in [2.75, 3.05) is 5.32 Å². The monoisotopic (exact) mass is 476 g/mol. The molecule has 0 radical (unpaired) electrons. The molecule has 0 aromatic heterocycles. The third-order valence-electron chi connectivity index (χ3n) is 7.02. The summed E-state index contributed by atoms with van der Waals surface area (Å²) in [5, 5.41) is 7.24. The van der Waals surface area contributed by atoms with Gasteiger partial charge in [-0.1, -0.05) is 55.8 Å². The zero-order valence-corrected chi connectivity index (χ0v) is 19.8. The molecule has 5 rings (SSSR count). The summed E-state index contributed by atoms with van der Waals surface area (Å²) in [5.41, 5.74) is 1.57. The zero-order valence-electron chi connectivity index (χ0n) is 19.0. The Morgan fingerprint density at radius 3 is 2.38 bits per heavy atom. The summed E-state index contributed by atoms with van der Waals surface area (Å²) in [6, 6.07) is 20.5. The van der Waals surface area contributed by atoms with Gasteiger partial charge in [0.2, 0.25) is 5.91 Å². The van der Waals surface area contributed by atoms with Crippen LogP contribution in [0.2, 0.25) is 5.02 Å². The van der Waals surface area contributed by atoms with Crippen LogP contribution in [0.25, 0.3) is 0 Å². The van der Waals surface area contributed by atoms with E-state index in [9.17, 15) is 14.0 Å². The molecule has 6 heteroatoms. The molecule has 3 aromatic rings. The van der Waals surface area contributed by atoms with Crippen LogP contribution in [0.15, 0.2) is 72.8 Å². The number of nitrogens with one attached hydrogen (secondary N) is 2. The van der Waals surface area contributed by atoms with Crippen LogP contribution in [0.5, 0.6) is 0 Å². The molecular formula is C28H26ClFN2O2. The molecule has 0 aliphatic carbocycles. The molecule has 2 N–H and O–H groups in total. The average molecular weight is 477 g/mol. The predicted molar refractivity (Wildman–Crippen MR) is 132 cm³/mol. The Labute approximate surface area is 203 Å². The molecule has 1 saturated heterocycles. The second-order valence-corrected chi connectivity index (χ2v) is 10.1. The number of benzene rings is 3. The van der Waals surface area contributed by atoms with Gasteiger partial charge in [-0.15, -0.1) is 0 Å². The van der Waals surface area contributed by atoms with E-state index in [0.29, 0.717) is 22.2 Å². The lowest BCUT2D eigenvalue weighted by Crippen LogP contribution is -2.51. The van der Waals surface area contributed by atoms with Crippen molar-refractivity contribution in [3.8, 4) is 0 Å². The van der Waals surface area contributed by atoms with Gasteiger partial charge in [-0.25, -0.2) is 4.39 Å². The van der Waals surface area contributed by atoms with Crippen LogP contribution in [0.1, 0.15) is 47.7 Å². The quantitative estimate of drug-likeness (QED) is 0.449. The molecule has 4 atom stereocenters. The molecule has 1 amide bonds. The first-order valence-corrected chi connectivity index (χ1v) is 11.9. The first-order chi connectivity index (χ1) is 16.3. The number of anilines is 1. The third-order valence-corrected chi connectivity index (χ3v) is 7.27. The number of para-hydroxylation sites is 1. The maximum Gasteiger partial charge on any atom is 0.250 e. The van der Waals surface area contributed by atoms with Crippen LogP contribution in [-0.2, 0) is 10.3 Å². The number of carbonyl (C=O) groups is 2.